The number of hydrogen-bond acceptors (Lipinski definition) is 3. The molecule has 0 saturated carbocycles. The van der Waals surface area contributed by atoms with Crippen LogP contribution in [0.2, 0.25) is 0 Å². The van der Waals surface area contributed by atoms with E-state index in [0.717, 1.165) is 31.9 Å². The highest BCUT2D eigenvalue weighted by Crippen LogP contribution is 2.24. The zero-order valence-electron chi connectivity index (χ0n) is 16.2. The predicted molar refractivity (Wildman–Crippen MR) is 120 cm³/mol. The Morgan fingerprint density at radius 3 is 2.89 bits per heavy atom. The Kier molecular flexibility index (Phi) is 7.94. The van der Waals surface area contributed by atoms with Crippen molar-refractivity contribution in [2.45, 2.75) is 19.8 Å². The van der Waals surface area contributed by atoms with Gasteiger partial charge in [0.25, 0.3) is 0 Å². The van der Waals surface area contributed by atoms with Crippen LogP contribution in [-0.2, 0) is 16.0 Å². The number of hydrogen-bond donors (Lipinski definition) is 2. The molecule has 1 fully saturated rings. The molecule has 148 valence electrons. The van der Waals surface area contributed by atoms with Gasteiger partial charge in [0.15, 0.2) is 5.96 Å². The number of aromatic amines is 1. The van der Waals surface area contributed by atoms with Crippen LogP contribution in [0.15, 0.2) is 35.5 Å². The minimum absolute atomic E-state index is 0. The second-order valence-corrected chi connectivity index (χ2v) is 6.95. The molecule has 1 saturated heterocycles. The molecule has 1 aromatic carbocycles. The van der Waals surface area contributed by atoms with Gasteiger partial charge in [0.2, 0.25) is 0 Å². The molecule has 2 unspecified atom stereocenters. The van der Waals surface area contributed by atoms with E-state index in [1.54, 1.807) is 7.05 Å². The summed E-state index contributed by atoms with van der Waals surface area (Å²) in [6.45, 7) is 4.42. The molecule has 0 aliphatic carbocycles. The number of nitrogens with zero attached hydrogens (tertiary/aromatic N) is 2. The van der Waals surface area contributed by atoms with Crippen LogP contribution in [0.25, 0.3) is 10.9 Å². The normalized spacial score (nSPS) is 19.8. The zero-order valence-corrected chi connectivity index (χ0v) is 18.5. The lowest BCUT2D eigenvalue weighted by molar-refractivity contribution is -0.145. The number of carbonyl (C=O) groups excluding carboxylic acids is 1. The van der Waals surface area contributed by atoms with Crippen LogP contribution in [0, 0.1) is 11.8 Å². The minimum atomic E-state index is -0.130. The van der Waals surface area contributed by atoms with Gasteiger partial charge in [-0.05, 0) is 30.4 Å². The first-order valence-corrected chi connectivity index (χ1v) is 9.22. The van der Waals surface area contributed by atoms with Crippen LogP contribution in [0.3, 0.4) is 0 Å². The number of aliphatic imine (C=N–C) groups is 1. The standard InChI is InChI=1S/C20H28N4O2.HI/c1-14-12-24(13-17(14)19(25)26-3)20(21-2)22-10-6-7-15-11-23-18-9-5-4-8-16(15)18;/h4-5,8-9,11,14,17,23H,6-7,10,12-13H2,1-3H3,(H,21,22);1H. The van der Waals surface area contributed by atoms with Crippen LogP contribution in [0.5, 0.6) is 0 Å². The van der Waals surface area contributed by atoms with Crippen molar-refractivity contribution in [3.8, 4) is 0 Å². The quantitative estimate of drug-likeness (QED) is 0.225. The fourth-order valence-corrected chi connectivity index (χ4v) is 3.75. The van der Waals surface area contributed by atoms with Gasteiger partial charge in [0.1, 0.15) is 0 Å². The third-order valence-electron chi connectivity index (χ3n) is 5.21. The summed E-state index contributed by atoms with van der Waals surface area (Å²) in [5.74, 6) is 0.925. The molecule has 1 aromatic heterocycles. The number of aromatic nitrogens is 1. The van der Waals surface area contributed by atoms with Gasteiger partial charge >= 0.3 is 5.97 Å². The molecule has 2 aromatic rings. The fourth-order valence-electron chi connectivity index (χ4n) is 3.75. The Morgan fingerprint density at radius 2 is 2.15 bits per heavy atom. The van der Waals surface area contributed by atoms with Crippen molar-refractivity contribution in [1.82, 2.24) is 15.2 Å². The van der Waals surface area contributed by atoms with E-state index < -0.39 is 0 Å². The number of ether oxygens (including phenoxy) is 1. The fraction of sp³-hybridized carbons (Fsp3) is 0.500. The van der Waals surface area contributed by atoms with Gasteiger partial charge in [0.05, 0.1) is 13.0 Å². The maximum atomic E-state index is 11.9. The van der Waals surface area contributed by atoms with E-state index in [0.29, 0.717) is 6.54 Å². The molecule has 0 spiro atoms. The van der Waals surface area contributed by atoms with Gasteiger partial charge in [-0.15, -0.1) is 24.0 Å². The first-order valence-electron chi connectivity index (χ1n) is 9.22. The average Bonchev–Trinajstić information content (AvgIpc) is 3.25. The van der Waals surface area contributed by atoms with Gasteiger partial charge in [-0.1, -0.05) is 25.1 Å². The Labute approximate surface area is 177 Å². The first-order chi connectivity index (χ1) is 12.6. The number of likely N-dealkylation sites (tertiary alicyclic amines) is 1. The number of para-hydroxylation sites is 1. The number of rotatable bonds is 5. The minimum Gasteiger partial charge on any atom is -0.469 e. The molecule has 2 atom stereocenters. The number of fused-ring (bicyclic) bond motifs is 1. The summed E-state index contributed by atoms with van der Waals surface area (Å²) in [7, 11) is 3.24. The summed E-state index contributed by atoms with van der Waals surface area (Å²) < 4.78 is 4.91. The van der Waals surface area contributed by atoms with E-state index in [9.17, 15) is 4.79 Å². The zero-order chi connectivity index (χ0) is 18.5. The second-order valence-electron chi connectivity index (χ2n) is 6.95. The van der Waals surface area contributed by atoms with Crippen molar-refractivity contribution in [1.29, 1.82) is 0 Å². The van der Waals surface area contributed by atoms with Gasteiger partial charge in [-0.3, -0.25) is 9.79 Å². The van der Waals surface area contributed by atoms with Crippen molar-refractivity contribution >= 4 is 46.8 Å². The molecular weight excluding hydrogens is 455 g/mol. The van der Waals surface area contributed by atoms with Gasteiger partial charge < -0.3 is 19.9 Å². The second kappa shape index (κ2) is 9.96. The number of halogens is 1. The molecule has 27 heavy (non-hydrogen) atoms. The van der Waals surface area contributed by atoms with Gasteiger partial charge in [0, 0.05) is 43.8 Å². The first kappa shape index (κ1) is 21.5. The predicted octanol–water partition coefficient (Wildman–Crippen LogP) is 3.03. The summed E-state index contributed by atoms with van der Waals surface area (Å²) in [4.78, 5) is 21.7. The number of aryl methyl sites for hydroxylation is 1. The summed E-state index contributed by atoms with van der Waals surface area (Å²) in [6, 6.07) is 8.39. The largest absolute Gasteiger partial charge is 0.469 e. The van der Waals surface area contributed by atoms with Crippen LogP contribution in [-0.4, -0.2) is 55.6 Å². The maximum absolute atomic E-state index is 11.9. The van der Waals surface area contributed by atoms with Crippen molar-refractivity contribution < 1.29 is 9.53 Å². The molecule has 0 amide bonds. The molecule has 0 radical (unpaired) electrons. The average molecular weight is 484 g/mol. The molecule has 0 bridgehead atoms. The monoisotopic (exact) mass is 484 g/mol. The van der Waals surface area contributed by atoms with E-state index in [-0.39, 0.29) is 41.8 Å². The maximum Gasteiger partial charge on any atom is 0.310 e. The third-order valence-corrected chi connectivity index (χ3v) is 5.21. The molecule has 2 N–H and O–H groups in total. The van der Waals surface area contributed by atoms with Crippen LogP contribution in [0.4, 0.5) is 0 Å². The SMILES string of the molecule is CN=C(NCCCc1c[nH]c2ccccc12)N1CC(C)C(C(=O)OC)C1.I. The number of H-pyrrole nitrogens is 1. The lowest BCUT2D eigenvalue weighted by Gasteiger charge is -2.21. The topological polar surface area (TPSA) is 69.7 Å². The molecule has 3 rings (SSSR count). The number of carbonyl (C=O) groups is 1. The smallest absolute Gasteiger partial charge is 0.310 e. The highest BCUT2D eigenvalue weighted by Gasteiger charge is 2.36. The Hall–Kier alpha value is -1.77. The lowest BCUT2D eigenvalue weighted by Crippen LogP contribution is -2.41. The third kappa shape index (κ3) is 4.94. The highest BCUT2D eigenvalue weighted by molar-refractivity contribution is 14.0. The van der Waals surface area contributed by atoms with Crippen molar-refractivity contribution in [3.05, 3.63) is 36.0 Å². The Bertz CT molecular complexity index is 789. The highest BCUT2D eigenvalue weighted by atomic mass is 127. The van der Waals surface area contributed by atoms with Crippen molar-refractivity contribution in [3.63, 3.8) is 0 Å². The molecule has 2 heterocycles. The molecule has 6 nitrogen and oxygen atoms in total. The Morgan fingerprint density at radius 1 is 1.37 bits per heavy atom. The molecule has 7 heteroatoms. The van der Waals surface area contributed by atoms with E-state index in [1.165, 1.54) is 23.6 Å². The number of guanidine groups is 1. The van der Waals surface area contributed by atoms with Gasteiger partial charge in [-0.2, -0.15) is 0 Å². The number of nitrogens with one attached hydrogen (secondary N) is 2. The van der Waals surface area contributed by atoms with Crippen molar-refractivity contribution in [2.75, 3.05) is 33.8 Å². The number of methoxy groups -OCH3 is 1. The lowest BCUT2D eigenvalue weighted by atomic mass is 9.99. The number of esters is 1. The van der Waals surface area contributed by atoms with E-state index in [2.05, 4.69) is 51.5 Å². The summed E-state index contributed by atoms with van der Waals surface area (Å²) >= 11 is 0. The van der Waals surface area contributed by atoms with Crippen LogP contribution in [0.1, 0.15) is 18.9 Å². The molecular formula is C20H29IN4O2. The van der Waals surface area contributed by atoms with Crippen LogP contribution >= 0.6 is 24.0 Å². The number of benzene rings is 1. The van der Waals surface area contributed by atoms with Gasteiger partial charge in [-0.25, -0.2) is 0 Å². The summed E-state index contributed by atoms with van der Waals surface area (Å²) in [5, 5.41) is 4.73. The molecule has 1 aliphatic rings. The molecule has 1 aliphatic heterocycles. The van der Waals surface area contributed by atoms with Crippen LogP contribution < -0.4 is 5.32 Å². The van der Waals surface area contributed by atoms with E-state index >= 15 is 0 Å². The van der Waals surface area contributed by atoms with Crippen molar-refractivity contribution in [2.24, 2.45) is 16.8 Å². The summed E-state index contributed by atoms with van der Waals surface area (Å²) in [5.41, 5.74) is 2.53. The van der Waals surface area contributed by atoms with E-state index in [1.807, 2.05) is 6.07 Å². The Balaban J connectivity index is 0.00000261. The van der Waals surface area contributed by atoms with E-state index in [4.69, 9.17) is 4.74 Å². The summed E-state index contributed by atoms with van der Waals surface area (Å²) in [6.07, 6.45) is 4.13.